The number of aliphatic imine (C=N–C) groups is 1. The van der Waals surface area contributed by atoms with Gasteiger partial charge in [0.1, 0.15) is 6.04 Å². The summed E-state index contributed by atoms with van der Waals surface area (Å²) in [5.41, 5.74) is 0.976. The van der Waals surface area contributed by atoms with Crippen LogP contribution in [0.15, 0.2) is 29.3 Å². The van der Waals surface area contributed by atoms with Crippen molar-refractivity contribution in [3.8, 4) is 0 Å². The molecule has 2 N–H and O–H groups in total. The standard InChI is InChI=1S/C12H12N2O4S/c15-7-13-5-8-1-3-9(4-2-8)11(16)14-10(6-19)12(17)18/h1-5,7,10,19H,6H2,(H,14,16)(H,17,18). The van der Waals surface area contributed by atoms with Gasteiger partial charge in [0.15, 0.2) is 0 Å². The Morgan fingerprint density at radius 2 is 2.00 bits per heavy atom. The molecule has 1 aromatic rings. The van der Waals surface area contributed by atoms with Crippen LogP contribution in [0.4, 0.5) is 0 Å². The highest BCUT2D eigenvalue weighted by atomic mass is 32.1. The van der Waals surface area contributed by atoms with Gasteiger partial charge in [-0.25, -0.2) is 9.79 Å². The van der Waals surface area contributed by atoms with E-state index in [0.29, 0.717) is 17.5 Å². The van der Waals surface area contributed by atoms with Crippen LogP contribution in [0.2, 0.25) is 0 Å². The average molecular weight is 280 g/mol. The molecule has 0 bridgehead atoms. The molecule has 1 aromatic carbocycles. The van der Waals surface area contributed by atoms with Crippen LogP contribution in [0.3, 0.4) is 0 Å². The van der Waals surface area contributed by atoms with E-state index >= 15 is 0 Å². The number of carbonyl (C=O) groups excluding carboxylic acids is 2. The van der Waals surface area contributed by atoms with E-state index < -0.39 is 17.9 Å². The number of nitrogens with one attached hydrogen (secondary N) is 1. The maximum absolute atomic E-state index is 11.7. The van der Waals surface area contributed by atoms with Gasteiger partial charge in [-0.3, -0.25) is 9.59 Å². The van der Waals surface area contributed by atoms with Crippen molar-refractivity contribution in [3.05, 3.63) is 35.4 Å². The summed E-state index contributed by atoms with van der Waals surface area (Å²) in [7, 11) is 0. The Balaban J connectivity index is 2.75. The predicted molar refractivity (Wildman–Crippen MR) is 72.8 cm³/mol. The monoisotopic (exact) mass is 280 g/mol. The molecule has 0 fully saturated rings. The molecule has 2 amide bonds. The molecule has 0 spiro atoms. The second-order valence-corrected chi connectivity index (χ2v) is 3.92. The molecule has 1 atom stereocenters. The molecule has 1 rings (SSSR count). The van der Waals surface area contributed by atoms with Crippen LogP contribution < -0.4 is 5.32 Å². The van der Waals surface area contributed by atoms with E-state index in [1.807, 2.05) is 0 Å². The third-order valence-corrected chi connectivity index (χ3v) is 2.61. The fraction of sp³-hybridized carbons (Fsp3) is 0.167. The van der Waals surface area contributed by atoms with Crippen molar-refractivity contribution in [2.45, 2.75) is 6.04 Å². The number of amides is 2. The van der Waals surface area contributed by atoms with Crippen molar-refractivity contribution < 1.29 is 19.5 Å². The first-order chi connectivity index (χ1) is 9.08. The van der Waals surface area contributed by atoms with E-state index in [4.69, 9.17) is 5.11 Å². The molecule has 0 saturated carbocycles. The molecule has 0 saturated heterocycles. The lowest BCUT2D eigenvalue weighted by atomic mass is 10.1. The molecule has 6 nitrogen and oxygen atoms in total. The molecular formula is C12H12N2O4S. The Kier molecular flexibility index (Phi) is 5.74. The number of hydrogen-bond acceptors (Lipinski definition) is 4. The van der Waals surface area contributed by atoms with Crippen LogP contribution in [0.5, 0.6) is 0 Å². The van der Waals surface area contributed by atoms with E-state index in [1.54, 1.807) is 12.1 Å². The third kappa shape index (κ3) is 4.55. The Morgan fingerprint density at radius 3 is 2.47 bits per heavy atom. The molecule has 100 valence electrons. The summed E-state index contributed by atoms with van der Waals surface area (Å²) in [6.45, 7) is 0. The van der Waals surface area contributed by atoms with Gasteiger partial charge in [-0.2, -0.15) is 12.6 Å². The largest absolute Gasteiger partial charge is 0.480 e. The molecule has 19 heavy (non-hydrogen) atoms. The molecule has 0 aliphatic heterocycles. The summed E-state index contributed by atoms with van der Waals surface area (Å²) in [6, 6.07) is 5.18. The SMILES string of the molecule is O=CN=Cc1ccc(C(=O)NC(CS)C(=O)O)cc1. The zero-order chi connectivity index (χ0) is 14.3. The molecule has 0 aliphatic rings. The maximum atomic E-state index is 11.7. The fourth-order valence-electron chi connectivity index (χ4n) is 1.26. The first kappa shape index (κ1) is 14.9. The number of carboxylic acids is 1. The number of aliphatic carboxylic acids is 1. The van der Waals surface area contributed by atoms with Crippen LogP contribution >= 0.6 is 12.6 Å². The fourth-order valence-corrected chi connectivity index (χ4v) is 1.51. The van der Waals surface area contributed by atoms with Crippen molar-refractivity contribution in [1.82, 2.24) is 5.32 Å². The predicted octanol–water partition coefficient (Wildman–Crippen LogP) is 0.375. The van der Waals surface area contributed by atoms with E-state index in [0.717, 1.165) is 0 Å². The van der Waals surface area contributed by atoms with Crippen molar-refractivity contribution in [2.75, 3.05) is 5.75 Å². The van der Waals surface area contributed by atoms with Crippen LogP contribution in [0.25, 0.3) is 0 Å². The minimum absolute atomic E-state index is 0.00511. The Labute approximate surface area is 115 Å². The van der Waals surface area contributed by atoms with Gasteiger partial charge in [-0.15, -0.1) is 0 Å². The summed E-state index contributed by atoms with van der Waals surface area (Å²) >= 11 is 3.85. The van der Waals surface area contributed by atoms with Gasteiger partial charge in [-0.05, 0) is 17.7 Å². The average Bonchev–Trinajstić information content (AvgIpc) is 2.42. The summed E-state index contributed by atoms with van der Waals surface area (Å²) in [5.74, 6) is -1.64. The number of rotatable bonds is 6. The topological polar surface area (TPSA) is 95.8 Å². The molecular weight excluding hydrogens is 268 g/mol. The highest BCUT2D eigenvalue weighted by Gasteiger charge is 2.18. The number of thiol groups is 1. The quantitative estimate of drug-likeness (QED) is 0.398. The number of benzene rings is 1. The number of carbonyl (C=O) groups is 3. The zero-order valence-electron chi connectivity index (χ0n) is 9.81. The highest BCUT2D eigenvalue weighted by molar-refractivity contribution is 7.80. The zero-order valence-corrected chi connectivity index (χ0v) is 10.7. The van der Waals surface area contributed by atoms with Crippen LogP contribution in [0, 0.1) is 0 Å². The molecule has 0 radical (unpaired) electrons. The van der Waals surface area contributed by atoms with Gasteiger partial charge >= 0.3 is 5.97 Å². The van der Waals surface area contributed by atoms with Gasteiger partial charge in [0.05, 0.1) is 0 Å². The van der Waals surface area contributed by atoms with E-state index in [1.165, 1.54) is 18.3 Å². The number of carboxylic acid groups (broad SMARTS) is 1. The molecule has 7 heteroatoms. The Morgan fingerprint density at radius 1 is 1.37 bits per heavy atom. The number of hydrogen-bond donors (Lipinski definition) is 3. The highest BCUT2D eigenvalue weighted by Crippen LogP contribution is 2.03. The number of nitrogens with zero attached hydrogens (tertiary/aromatic N) is 1. The minimum atomic E-state index is -1.14. The van der Waals surface area contributed by atoms with Gasteiger partial charge in [0.25, 0.3) is 5.91 Å². The lowest BCUT2D eigenvalue weighted by Crippen LogP contribution is -2.42. The lowest BCUT2D eigenvalue weighted by Gasteiger charge is -2.11. The summed E-state index contributed by atoms with van der Waals surface area (Å²) in [6.07, 6.45) is 1.76. The second kappa shape index (κ2) is 7.32. The first-order valence-corrected chi connectivity index (χ1v) is 5.93. The summed E-state index contributed by atoms with van der Waals surface area (Å²) < 4.78 is 0. The van der Waals surface area contributed by atoms with Gasteiger partial charge in [-0.1, -0.05) is 12.1 Å². The lowest BCUT2D eigenvalue weighted by molar-refractivity contribution is -0.138. The summed E-state index contributed by atoms with van der Waals surface area (Å²) in [5, 5.41) is 11.1. The Bertz CT molecular complexity index is 499. The Hall–Kier alpha value is -2.15. The van der Waals surface area contributed by atoms with Crippen molar-refractivity contribution in [1.29, 1.82) is 0 Å². The third-order valence-electron chi connectivity index (χ3n) is 2.24. The smallest absolute Gasteiger partial charge is 0.327 e. The molecule has 0 aromatic heterocycles. The van der Waals surface area contributed by atoms with Gasteiger partial charge in [0.2, 0.25) is 6.41 Å². The maximum Gasteiger partial charge on any atom is 0.327 e. The second-order valence-electron chi connectivity index (χ2n) is 3.55. The van der Waals surface area contributed by atoms with E-state index in [2.05, 4.69) is 22.9 Å². The van der Waals surface area contributed by atoms with Gasteiger partial charge in [0, 0.05) is 17.5 Å². The van der Waals surface area contributed by atoms with Crippen molar-refractivity contribution in [3.63, 3.8) is 0 Å². The van der Waals surface area contributed by atoms with Crippen molar-refractivity contribution >= 4 is 37.1 Å². The molecule has 0 aliphatic carbocycles. The van der Waals surface area contributed by atoms with Crippen LogP contribution in [-0.2, 0) is 9.59 Å². The van der Waals surface area contributed by atoms with Crippen molar-refractivity contribution in [2.24, 2.45) is 4.99 Å². The van der Waals surface area contributed by atoms with Crippen LogP contribution in [0.1, 0.15) is 15.9 Å². The molecule has 0 heterocycles. The normalized spacial score (nSPS) is 12.1. The minimum Gasteiger partial charge on any atom is -0.480 e. The first-order valence-electron chi connectivity index (χ1n) is 5.30. The molecule has 1 unspecified atom stereocenters. The van der Waals surface area contributed by atoms with Crippen LogP contribution in [-0.4, -0.2) is 41.4 Å². The van der Waals surface area contributed by atoms with Gasteiger partial charge < -0.3 is 10.4 Å². The van der Waals surface area contributed by atoms with E-state index in [9.17, 15) is 14.4 Å². The van der Waals surface area contributed by atoms with E-state index in [-0.39, 0.29) is 5.75 Å². The summed E-state index contributed by atoms with van der Waals surface area (Å²) in [4.78, 5) is 36.0.